The van der Waals surface area contributed by atoms with Gasteiger partial charge in [0.15, 0.2) is 11.5 Å². The average Bonchev–Trinajstić information content (AvgIpc) is 2.66. The topological polar surface area (TPSA) is 59.9 Å². The first-order chi connectivity index (χ1) is 13.3. The van der Waals surface area contributed by atoms with Gasteiger partial charge >= 0.3 is 6.18 Å². The van der Waals surface area contributed by atoms with Crippen LogP contribution in [0.1, 0.15) is 21.5 Å². The quantitative estimate of drug-likeness (QED) is 0.259. The summed E-state index contributed by atoms with van der Waals surface area (Å²) in [6, 6.07) is 7.50. The second kappa shape index (κ2) is 9.58. The van der Waals surface area contributed by atoms with Crippen LogP contribution in [-0.2, 0) is 6.18 Å². The standard InChI is InChI=1S/C19H16F3IN2O3/c1-3-7-28-17-15(23)8-12(9-16(17)27-2)11-24-25-18(26)13-5-4-6-14(10-13)19(20,21)22/h3-6,8-11H,1,7H2,2H3,(H,25,26)/b24-11+. The van der Waals surface area contributed by atoms with Crippen LogP contribution < -0.4 is 14.9 Å². The van der Waals surface area contributed by atoms with Crippen LogP contribution in [0.3, 0.4) is 0 Å². The normalized spacial score (nSPS) is 11.3. The zero-order chi connectivity index (χ0) is 20.7. The van der Waals surface area contributed by atoms with Gasteiger partial charge in [-0.25, -0.2) is 5.43 Å². The molecule has 1 amide bonds. The van der Waals surface area contributed by atoms with E-state index in [0.717, 1.165) is 21.8 Å². The minimum atomic E-state index is -4.53. The van der Waals surface area contributed by atoms with Crippen molar-refractivity contribution in [2.75, 3.05) is 13.7 Å². The summed E-state index contributed by atoms with van der Waals surface area (Å²) < 4.78 is 49.8. The van der Waals surface area contributed by atoms with Crippen LogP contribution >= 0.6 is 22.6 Å². The summed E-state index contributed by atoms with van der Waals surface area (Å²) >= 11 is 2.07. The molecule has 0 aliphatic heterocycles. The summed E-state index contributed by atoms with van der Waals surface area (Å²) in [4.78, 5) is 12.0. The third kappa shape index (κ3) is 5.72. The van der Waals surface area contributed by atoms with Crippen molar-refractivity contribution in [3.8, 4) is 11.5 Å². The van der Waals surface area contributed by atoms with Crippen LogP contribution in [0, 0.1) is 3.57 Å². The Hall–Kier alpha value is -2.56. The molecule has 0 aromatic heterocycles. The highest BCUT2D eigenvalue weighted by molar-refractivity contribution is 14.1. The van der Waals surface area contributed by atoms with Gasteiger partial charge in [0.2, 0.25) is 0 Å². The number of nitrogens with zero attached hydrogens (tertiary/aromatic N) is 1. The van der Waals surface area contributed by atoms with Gasteiger partial charge in [-0.1, -0.05) is 18.7 Å². The maximum Gasteiger partial charge on any atom is 0.416 e. The van der Waals surface area contributed by atoms with Crippen LogP contribution in [0.25, 0.3) is 0 Å². The molecule has 1 N–H and O–H groups in total. The molecule has 0 spiro atoms. The number of hydrogen-bond acceptors (Lipinski definition) is 4. The van der Waals surface area contributed by atoms with Crippen LogP contribution in [0.15, 0.2) is 54.2 Å². The number of amides is 1. The number of rotatable bonds is 7. The molecule has 0 atom stereocenters. The van der Waals surface area contributed by atoms with Gasteiger partial charge in [-0.3, -0.25) is 4.79 Å². The molecule has 0 unspecified atom stereocenters. The predicted octanol–water partition coefficient (Wildman–Crippen LogP) is 4.65. The van der Waals surface area contributed by atoms with Gasteiger partial charge in [-0.05, 0) is 58.5 Å². The van der Waals surface area contributed by atoms with Crippen molar-refractivity contribution in [2.24, 2.45) is 5.10 Å². The average molecular weight is 504 g/mol. The lowest BCUT2D eigenvalue weighted by Gasteiger charge is -2.12. The van der Waals surface area contributed by atoms with E-state index >= 15 is 0 Å². The monoisotopic (exact) mass is 504 g/mol. The van der Waals surface area contributed by atoms with Crippen LogP contribution in [0.4, 0.5) is 13.2 Å². The molecule has 0 aliphatic carbocycles. The smallest absolute Gasteiger partial charge is 0.416 e. The molecule has 0 saturated heterocycles. The van der Waals surface area contributed by atoms with Crippen LogP contribution in [0.5, 0.6) is 11.5 Å². The predicted molar refractivity (Wildman–Crippen MR) is 108 cm³/mol. The van der Waals surface area contributed by atoms with Crippen molar-refractivity contribution >= 4 is 34.7 Å². The van der Waals surface area contributed by atoms with E-state index < -0.39 is 17.6 Å². The first-order valence-corrected chi connectivity index (χ1v) is 8.96. The first kappa shape index (κ1) is 21.7. The highest BCUT2D eigenvalue weighted by Gasteiger charge is 2.30. The number of ether oxygens (including phenoxy) is 2. The van der Waals surface area contributed by atoms with Gasteiger partial charge in [0.05, 0.1) is 22.5 Å². The fourth-order valence-electron chi connectivity index (χ4n) is 2.16. The number of hydrazone groups is 1. The Balaban J connectivity index is 2.13. The summed E-state index contributed by atoms with van der Waals surface area (Å²) in [7, 11) is 1.49. The molecule has 0 radical (unpaired) electrons. The second-order valence-electron chi connectivity index (χ2n) is 5.41. The Morgan fingerprint density at radius 1 is 1.32 bits per heavy atom. The molecule has 0 saturated carbocycles. The maximum absolute atomic E-state index is 12.7. The van der Waals surface area contributed by atoms with Crippen molar-refractivity contribution in [1.82, 2.24) is 5.43 Å². The summed E-state index contributed by atoms with van der Waals surface area (Å²) in [6.45, 7) is 3.90. The Morgan fingerprint density at radius 2 is 2.07 bits per heavy atom. The molecule has 2 rings (SSSR count). The number of nitrogens with one attached hydrogen (secondary N) is 1. The van der Waals surface area contributed by atoms with E-state index in [1.54, 1.807) is 18.2 Å². The summed E-state index contributed by atoms with van der Waals surface area (Å²) in [6.07, 6.45) is -1.57. The molecule has 0 heterocycles. The highest BCUT2D eigenvalue weighted by Crippen LogP contribution is 2.33. The number of methoxy groups -OCH3 is 1. The van der Waals surface area contributed by atoms with Gasteiger partial charge in [0.25, 0.3) is 5.91 Å². The van der Waals surface area contributed by atoms with E-state index in [1.807, 2.05) is 0 Å². The second-order valence-corrected chi connectivity index (χ2v) is 6.57. The highest BCUT2D eigenvalue weighted by atomic mass is 127. The summed E-state index contributed by atoms with van der Waals surface area (Å²) in [5.74, 6) is 0.266. The summed E-state index contributed by atoms with van der Waals surface area (Å²) in [5, 5.41) is 3.80. The lowest BCUT2D eigenvalue weighted by Crippen LogP contribution is -2.18. The molecule has 0 fully saturated rings. The van der Waals surface area contributed by atoms with Gasteiger partial charge < -0.3 is 9.47 Å². The minimum absolute atomic E-state index is 0.146. The molecular formula is C19H16F3IN2O3. The number of carbonyl (C=O) groups is 1. The van der Waals surface area contributed by atoms with Crippen molar-refractivity contribution in [1.29, 1.82) is 0 Å². The Bertz CT molecular complexity index is 898. The van der Waals surface area contributed by atoms with Crippen molar-refractivity contribution in [3.05, 3.63) is 69.3 Å². The third-order valence-corrected chi connectivity index (χ3v) is 4.23. The zero-order valence-electron chi connectivity index (χ0n) is 14.7. The van der Waals surface area contributed by atoms with E-state index in [1.165, 1.54) is 19.4 Å². The van der Waals surface area contributed by atoms with Crippen LogP contribution in [-0.4, -0.2) is 25.8 Å². The van der Waals surface area contributed by atoms with Gasteiger partial charge in [-0.15, -0.1) is 0 Å². The molecule has 2 aromatic rings. The minimum Gasteiger partial charge on any atom is -0.493 e. The van der Waals surface area contributed by atoms with E-state index in [-0.39, 0.29) is 5.56 Å². The lowest BCUT2D eigenvalue weighted by molar-refractivity contribution is -0.137. The molecule has 148 valence electrons. The molecule has 0 bridgehead atoms. The number of alkyl halides is 3. The molecule has 5 nitrogen and oxygen atoms in total. The molecular weight excluding hydrogens is 488 g/mol. The molecule has 0 aliphatic rings. The lowest BCUT2D eigenvalue weighted by atomic mass is 10.1. The van der Waals surface area contributed by atoms with Crippen molar-refractivity contribution in [3.63, 3.8) is 0 Å². The number of hydrogen-bond donors (Lipinski definition) is 1. The van der Waals surface area contributed by atoms with Crippen molar-refractivity contribution < 1.29 is 27.4 Å². The Labute approximate surface area is 173 Å². The fourth-order valence-corrected chi connectivity index (χ4v) is 2.94. The SMILES string of the molecule is C=CCOc1c(I)cc(/C=N/NC(=O)c2cccc(C(F)(F)F)c2)cc1OC. The first-order valence-electron chi connectivity index (χ1n) is 7.88. The van der Waals surface area contributed by atoms with Gasteiger partial charge in [0.1, 0.15) is 6.61 Å². The van der Waals surface area contributed by atoms with E-state index in [2.05, 4.69) is 39.7 Å². The van der Waals surface area contributed by atoms with Gasteiger partial charge in [-0.2, -0.15) is 18.3 Å². The molecule has 2 aromatic carbocycles. The number of carbonyl (C=O) groups excluding carboxylic acids is 1. The Morgan fingerprint density at radius 3 is 2.71 bits per heavy atom. The number of benzene rings is 2. The van der Waals surface area contributed by atoms with E-state index in [4.69, 9.17) is 9.47 Å². The van der Waals surface area contributed by atoms with E-state index in [9.17, 15) is 18.0 Å². The fraction of sp³-hybridized carbons (Fsp3) is 0.158. The maximum atomic E-state index is 12.7. The largest absolute Gasteiger partial charge is 0.493 e. The van der Waals surface area contributed by atoms with Gasteiger partial charge in [0, 0.05) is 5.56 Å². The zero-order valence-corrected chi connectivity index (χ0v) is 16.9. The third-order valence-electron chi connectivity index (χ3n) is 3.43. The van der Waals surface area contributed by atoms with Crippen molar-refractivity contribution in [2.45, 2.75) is 6.18 Å². The van der Waals surface area contributed by atoms with E-state index in [0.29, 0.717) is 23.7 Å². The van der Waals surface area contributed by atoms with Crippen LogP contribution in [0.2, 0.25) is 0 Å². The Kier molecular flexibility index (Phi) is 7.44. The number of halogens is 4. The molecule has 9 heteroatoms. The summed E-state index contributed by atoms with van der Waals surface area (Å²) in [5.41, 5.74) is 1.77. The molecule has 28 heavy (non-hydrogen) atoms.